The SMILES string of the molecule is O=C1C(=O)N(c2ccccc2)C(c2ccc(OCc3ccccc3)cc2)/C1=C(/O)c1ccc(Cl)c(Cl)c1. The summed E-state index contributed by atoms with van der Waals surface area (Å²) in [6.45, 7) is 0.403. The van der Waals surface area contributed by atoms with E-state index in [4.69, 9.17) is 27.9 Å². The Hall–Kier alpha value is -4.06. The molecule has 1 fully saturated rings. The number of hydrogen-bond donors (Lipinski definition) is 1. The minimum absolute atomic E-state index is 0.0369. The Morgan fingerprint density at radius 1 is 0.811 bits per heavy atom. The van der Waals surface area contributed by atoms with E-state index in [1.165, 1.54) is 17.0 Å². The Kier molecular flexibility index (Phi) is 6.99. The van der Waals surface area contributed by atoms with Crippen LogP contribution >= 0.6 is 23.2 Å². The van der Waals surface area contributed by atoms with Crippen LogP contribution in [-0.2, 0) is 16.2 Å². The first-order valence-electron chi connectivity index (χ1n) is 11.5. The van der Waals surface area contributed by atoms with Crippen molar-refractivity contribution in [3.8, 4) is 5.75 Å². The third-order valence-electron chi connectivity index (χ3n) is 6.12. The summed E-state index contributed by atoms with van der Waals surface area (Å²) in [7, 11) is 0. The van der Waals surface area contributed by atoms with Gasteiger partial charge in [0.25, 0.3) is 11.7 Å². The molecule has 0 saturated carbocycles. The highest BCUT2D eigenvalue weighted by molar-refractivity contribution is 6.51. The number of ether oxygens (including phenoxy) is 1. The maximum atomic E-state index is 13.3. The molecule has 4 aromatic carbocycles. The first kappa shape index (κ1) is 24.6. The second kappa shape index (κ2) is 10.5. The summed E-state index contributed by atoms with van der Waals surface area (Å²) in [4.78, 5) is 27.9. The molecule has 1 atom stereocenters. The molecule has 5 nitrogen and oxygen atoms in total. The Morgan fingerprint density at radius 2 is 1.46 bits per heavy atom. The third-order valence-corrected chi connectivity index (χ3v) is 6.86. The number of ketones is 1. The summed E-state index contributed by atoms with van der Waals surface area (Å²) in [5.41, 5.74) is 2.45. The van der Waals surface area contributed by atoms with Crippen molar-refractivity contribution in [3.05, 3.63) is 135 Å². The lowest BCUT2D eigenvalue weighted by atomic mass is 9.95. The third kappa shape index (κ3) is 4.96. The molecule has 1 saturated heterocycles. The van der Waals surface area contributed by atoms with E-state index in [9.17, 15) is 14.7 Å². The molecule has 5 rings (SSSR count). The van der Waals surface area contributed by atoms with Gasteiger partial charge in [-0.15, -0.1) is 0 Å². The molecular weight excluding hydrogens is 509 g/mol. The molecule has 0 radical (unpaired) electrons. The van der Waals surface area contributed by atoms with Crippen molar-refractivity contribution in [1.29, 1.82) is 0 Å². The second-order valence-corrected chi connectivity index (χ2v) is 9.29. The number of amides is 1. The van der Waals surface area contributed by atoms with Crippen LogP contribution in [0, 0.1) is 0 Å². The molecule has 1 heterocycles. The van der Waals surface area contributed by atoms with E-state index in [0.29, 0.717) is 28.6 Å². The van der Waals surface area contributed by atoms with Gasteiger partial charge in [0.1, 0.15) is 18.1 Å². The number of hydrogen-bond acceptors (Lipinski definition) is 4. The molecule has 4 aromatic rings. The molecule has 0 spiro atoms. The number of aliphatic hydroxyl groups is 1. The van der Waals surface area contributed by atoms with Crippen LogP contribution in [0.1, 0.15) is 22.7 Å². The highest BCUT2D eigenvalue weighted by atomic mass is 35.5. The van der Waals surface area contributed by atoms with Gasteiger partial charge in [0.15, 0.2) is 0 Å². The lowest BCUT2D eigenvalue weighted by Crippen LogP contribution is -2.29. The van der Waals surface area contributed by atoms with E-state index in [2.05, 4.69) is 0 Å². The lowest BCUT2D eigenvalue weighted by molar-refractivity contribution is -0.132. The number of halogens is 2. The van der Waals surface area contributed by atoms with Gasteiger partial charge in [-0.05, 0) is 53.6 Å². The highest BCUT2D eigenvalue weighted by Crippen LogP contribution is 2.42. The summed E-state index contributed by atoms with van der Waals surface area (Å²) in [5, 5.41) is 11.8. The van der Waals surface area contributed by atoms with Crippen molar-refractivity contribution in [2.45, 2.75) is 12.6 Å². The zero-order valence-electron chi connectivity index (χ0n) is 19.5. The van der Waals surface area contributed by atoms with Gasteiger partial charge in [-0.3, -0.25) is 14.5 Å². The molecule has 184 valence electrons. The van der Waals surface area contributed by atoms with Gasteiger partial charge in [0.2, 0.25) is 0 Å². The van der Waals surface area contributed by atoms with Gasteiger partial charge in [-0.2, -0.15) is 0 Å². The normalized spacial score (nSPS) is 16.7. The largest absolute Gasteiger partial charge is 0.507 e. The average molecular weight is 530 g/mol. The van der Waals surface area contributed by atoms with E-state index >= 15 is 0 Å². The van der Waals surface area contributed by atoms with E-state index in [0.717, 1.165) is 5.56 Å². The highest BCUT2D eigenvalue weighted by Gasteiger charge is 2.46. The first-order valence-corrected chi connectivity index (χ1v) is 12.3. The van der Waals surface area contributed by atoms with E-state index in [-0.39, 0.29) is 21.9 Å². The smallest absolute Gasteiger partial charge is 0.300 e. The monoisotopic (exact) mass is 529 g/mol. The van der Waals surface area contributed by atoms with Crippen LogP contribution in [0.15, 0.2) is 109 Å². The van der Waals surface area contributed by atoms with E-state index < -0.39 is 17.7 Å². The summed E-state index contributed by atoms with van der Waals surface area (Å²) >= 11 is 12.2. The van der Waals surface area contributed by atoms with Crippen molar-refractivity contribution >= 4 is 46.3 Å². The molecule has 1 unspecified atom stereocenters. The molecule has 1 N–H and O–H groups in total. The average Bonchev–Trinajstić information content (AvgIpc) is 3.20. The zero-order valence-corrected chi connectivity index (χ0v) is 21.0. The van der Waals surface area contributed by atoms with Crippen molar-refractivity contribution in [1.82, 2.24) is 0 Å². The number of carbonyl (C=O) groups excluding carboxylic acids is 2. The van der Waals surface area contributed by atoms with Gasteiger partial charge in [-0.1, -0.05) is 83.9 Å². The summed E-state index contributed by atoms with van der Waals surface area (Å²) in [5.74, 6) is -1.22. The van der Waals surface area contributed by atoms with Crippen LogP contribution in [-0.4, -0.2) is 16.8 Å². The standard InChI is InChI=1S/C30H21Cl2NO4/c31-24-16-13-21(17-25(24)32)28(34)26-27(33(30(36)29(26)35)22-9-5-2-6-10-22)20-11-14-23(15-12-20)37-18-19-7-3-1-4-8-19/h1-17,27,34H,18H2/b28-26-. The fraction of sp³-hybridized carbons (Fsp3) is 0.0667. The van der Waals surface area contributed by atoms with Crippen LogP contribution in [0.25, 0.3) is 5.76 Å². The van der Waals surface area contributed by atoms with Crippen molar-refractivity contribution in [3.63, 3.8) is 0 Å². The lowest BCUT2D eigenvalue weighted by Gasteiger charge is -2.25. The van der Waals surface area contributed by atoms with Gasteiger partial charge < -0.3 is 9.84 Å². The summed E-state index contributed by atoms with van der Waals surface area (Å²) in [6.07, 6.45) is 0. The van der Waals surface area contributed by atoms with E-state index in [1.54, 1.807) is 54.6 Å². The molecule has 7 heteroatoms. The number of Topliss-reactive ketones (excluding diaryl/α,β-unsaturated/α-hetero) is 1. The Labute approximate surface area is 224 Å². The van der Waals surface area contributed by atoms with Gasteiger partial charge in [-0.25, -0.2) is 0 Å². The summed E-state index contributed by atoms with van der Waals surface area (Å²) in [6, 6.07) is 29.5. The number of benzene rings is 4. The maximum Gasteiger partial charge on any atom is 0.300 e. The number of carbonyl (C=O) groups is 2. The molecule has 37 heavy (non-hydrogen) atoms. The van der Waals surface area contributed by atoms with Crippen molar-refractivity contribution in [2.75, 3.05) is 4.90 Å². The number of para-hydroxylation sites is 1. The predicted octanol–water partition coefficient (Wildman–Crippen LogP) is 7.20. The Morgan fingerprint density at radius 3 is 2.11 bits per heavy atom. The van der Waals surface area contributed by atoms with Gasteiger partial charge in [0, 0.05) is 11.3 Å². The van der Waals surface area contributed by atoms with E-state index in [1.807, 2.05) is 36.4 Å². The molecule has 1 aliphatic heterocycles. The van der Waals surface area contributed by atoms with Crippen LogP contribution in [0.3, 0.4) is 0 Å². The van der Waals surface area contributed by atoms with Crippen LogP contribution < -0.4 is 9.64 Å². The molecular formula is C30H21Cl2NO4. The van der Waals surface area contributed by atoms with Crippen LogP contribution in [0.2, 0.25) is 10.0 Å². The molecule has 1 amide bonds. The molecule has 1 aliphatic rings. The summed E-state index contributed by atoms with van der Waals surface area (Å²) < 4.78 is 5.90. The Balaban J connectivity index is 1.56. The number of rotatable bonds is 6. The number of aliphatic hydroxyl groups excluding tert-OH is 1. The minimum atomic E-state index is -0.861. The first-order chi connectivity index (χ1) is 17.9. The van der Waals surface area contributed by atoms with Crippen LogP contribution in [0.5, 0.6) is 5.75 Å². The van der Waals surface area contributed by atoms with Gasteiger partial charge in [0.05, 0.1) is 21.7 Å². The molecule has 0 aliphatic carbocycles. The fourth-order valence-electron chi connectivity index (χ4n) is 4.29. The minimum Gasteiger partial charge on any atom is -0.507 e. The van der Waals surface area contributed by atoms with Crippen molar-refractivity contribution in [2.24, 2.45) is 0 Å². The zero-order chi connectivity index (χ0) is 25.9. The topological polar surface area (TPSA) is 66.8 Å². The maximum absolute atomic E-state index is 13.3. The Bertz CT molecular complexity index is 1490. The fourth-order valence-corrected chi connectivity index (χ4v) is 4.59. The van der Waals surface area contributed by atoms with Crippen molar-refractivity contribution < 1.29 is 19.4 Å². The molecule has 0 bridgehead atoms. The second-order valence-electron chi connectivity index (χ2n) is 8.48. The molecule has 0 aromatic heterocycles. The number of anilines is 1. The number of nitrogens with zero attached hydrogens (tertiary/aromatic N) is 1. The van der Waals surface area contributed by atoms with Gasteiger partial charge >= 0.3 is 0 Å². The quantitative estimate of drug-likeness (QED) is 0.163. The predicted molar refractivity (Wildman–Crippen MR) is 145 cm³/mol. The van der Waals surface area contributed by atoms with Crippen LogP contribution in [0.4, 0.5) is 5.69 Å².